The smallest absolute Gasteiger partial charge is 0.409 e. The molecule has 0 spiro atoms. The summed E-state index contributed by atoms with van der Waals surface area (Å²) >= 11 is 0. The highest BCUT2D eigenvalue weighted by atomic mass is 16.6. The lowest BCUT2D eigenvalue weighted by Crippen LogP contribution is -2.49. The van der Waals surface area contributed by atoms with Gasteiger partial charge in [-0.05, 0) is 6.92 Å². The molecule has 0 radical (unpaired) electrons. The normalized spacial score (nSPS) is 15.6. The Labute approximate surface area is 104 Å². The van der Waals surface area contributed by atoms with Crippen molar-refractivity contribution in [3.63, 3.8) is 0 Å². The maximum atomic E-state index is 11.5. The number of nitrogens with one attached hydrogen (secondary N) is 1. The number of anilines is 1. The first-order chi connectivity index (χ1) is 8.70. The molecule has 0 bridgehead atoms. The highest BCUT2D eigenvalue weighted by Crippen LogP contribution is 2.10. The van der Waals surface area contributed by atoms with E-state index < -0.39 is 5.69 Å². The van der Waals surface area contributed by atoms with E-state index in [0.29, 0.717) is 38.6 Å². The third kappa shape index (κ3) is 2.76. The van der Waals surface area contributed by atoms with E-state index in [1.807, 2.05) is 4.90 Å². The van der Waals surface area contributed by atoms with Gasteiger partial charge in [-0.15, -0.1) is 0 Å². The molecule has 1 fully saturated rings. The van der Waals surface area contributed by atoms with Crippen LogP contribution in [0.15, 0.2) is 11.0 Å². The molecule has 0 atom stereocenters. The largest absolute Gasteiger partial charge is 0.450 e. The molecule has 1 aromatic heterocycles. The van der Waals surface area contributed by atoms with Crippen LogP contribution in [-0.4, -0.2) is 59.0 Å². The average Bonchev–Trinajstić information content (AvgIpc) is 2.39. The molecule has 8 heteroatoms. The molecule has 1 aliphatic rings. The molecule has 2 heterocycles. The molecule has 1 N–H and O–H groups in total. The van der Waals surface area contributed by atoms with E-state index >= 15 is 0 Å². The Kier molecular flexibility index (Phi) is 3.75. The van der Waals surface area contributed by atoms with Crippen molar-refractivity contribution < 1.29 is 9.53 Å². The molecule has 18 heavy (non-hydrogen) atoms. The minimum absolute atomic E-state index is 0.297. The van der Waals surface area contributed by atoms with E-state index in [9.17, 15) is 9.59 Å². The van der Waals surface area contributed by atoms with Crippen LogP contribution in [0.3, 0.4) is 0 Å². The van der Waals surface area contributed by atoms with Crippen molar-refractivity contribution in [2.24, 2.45) is 0 Å². The van der Waals surface area contributed by atoms with Gasteiger partial charge in [0, 0.05) is 26.2 Å². The molecule has 1 aromatic rings. The number of piperazine rings is 1. The quantitative estimate of drug-likeness (QED) is 0.760. The lowest BCUT2D eigenvalue weighted by molar-refractivity contribution is 0.105. The number of amides is 1. The van der Waals surface area contributed by atoms with Crippen LogP contribution in [0.4, 0.5) is 10.6 Å². The van der Waals surface area contributed by atoms with Crippen LogP contribution in [0, 0.1) is 0 Å². The Hall–Kier alpha value is -2.12. The van der Waals surface area contributed by atoms with E-state index in [4.69, 9.17) is 4.74 Å². The SMILES string of the molecule is CCOC(=O)N1CCN(c2cn[nH]c(=O)n2)CC1. The highest BCUT2D eigenvalue weighted by molar-refractivity contribution is 5.68. The van der Waals surface area contributed by atoms with Gasteiger partial charge in [-0.25, -0.2) is 14.7 Å². The molecule has 8 nitrogen and oxygen atoms in total. The van der Waals surface area contributed by atoms with E-state index in [2.05, 4.69) is 15.2 Å². The molecule has 1 amide bonds. The Morgan fingerprint density at radius 1 is 1.44 bits per heavy atom. The van der Waals surface area contributed by atoms with Gasteiger partial charge < -0.3 is 14.5 Å². The van der Waals surface area contributed by atoms with Crippen LogP contribution in [0.5, 0.6) is 0 Å². The number of nitrogens with zero attached hydrogens (tertiary/aromatic N) is 4. The van der Waals surface area contributed by atoms with Crippen LogP contribution in [0.25, 0.3) is 0 Å². The fraction of sp³-hybridized carbons (Fsp3) is 0.600. The first-order valence-electron chi connectivity index (χ1n) is 5.79. The summed E-state index contributed by atoms with van der Waals surface area (Å²) < 4.78 is 4.93. The molecule has 0 saturated carbocycles. The molecule has 0 aliphatic carbocycles. The molecule has 1 aliphatic heterocycles. The predicted molar refractivity (Wildman–Crippen MR) is 63.5 cm³/mol. The van der Waals surface area contributed by atoms with E-state index in [1.54, 1.807) is 11.8 Å². The van der Waals surface area contributed by atoms with Crippen LogP contribution in [0.1, 0.15) is 6.92 Å². The Morgan fingerprint density at radius 3 is 2.78 bits per heavy atom. The van der Waals surface area contributed by atoms with Gasteiger partial charge >= 0.3 is 11.8 Å². The number of carbonyl (C=O) groups excluding carboxylic acids is 1. The van der Waals surface area contributed by atoms with Gasteiger partial charge in [-0.3, -0.25) is 0 Å². The minimum atomic E-state index is -0.472. The third-order valence-corrected chi connectivity index (χ3v) is 2.69. The van der Waals surface area contributed by atoms with E-state index in [1.165, 1.54) is 6.20 Å². The molecule has 1 saturated heterocycles. The van der Waals surface area contributed by atoms with Crippen LogP contribution in [-0.2, 0) is 4.74 Å². The monoisotopic (exact) mass is 253 g/mol. The number of carbonyl (C=O) groups is 1. The lowest BCUT2D eigenvalue weighted by atomic mass is 10.3. The van der Waals surface area contributed by atoms with Gasteiger partial charge in [0.25, 0.3) is 0 Å². The van der Waals surface area contributed by atoms with Crippen molar-refractivity contribution in [1.29, 1.82) is 0 Å². The molecule has 0 unspecified atom stereocenters. The van der Waals surface area contributed by atoms with Crippen LogP contribution < -0.4 is 10.6 Å². The molecular formula is C10H15N5O3. The number of ether oxygens (including phenoxy) is 1. The second kappa shape index (κ2) is 5.48. The van der Waals surface area contributed by atoms with Gasteiger partial charge in [-0.1, -0.05) is 0 Å². The number of hydrogen-bond acceptors (Lipinski definition) is 6. The van der Waals surface area contributed by atoms with E-state index in [0.717, 1.165) is 0 Å². The summed E-state index contributed by atoms with van der Waals surface area (Å²) in [4.78, 5) is 29.9. The maximum absolute atomic E-state index is 11.5. The summed E-state index contributed by atoms with van der Waals surface area (Å²) in [6.45, 7) is 4.47. The van der Waals surface area contributed by atoms with Crippen molar-refractivity contribution in [3.8, 4) is 0 Å². The summed E-state index contributed by atoms with van der Waals surface area (Å²) in [5.74, 6) is 0.530. The zero-order valence-corrected chi connectivity index (χ0v) is 10.1. The summed E-state index contributed by atoms with van der Waals surface area (Å²) in [6.07, 6.45) is 1.20. The average molecular weight is 253 g/mol. The fourth-order valence-electron chi connectivity index (χ4n) is 1.79. The van der Waals surface area contributed by atoms with Crippen molar-refractivity contribution in [2.45, 2.75) is 6.92 Å². The topological polar surface area (TPSA) is 91.4 Å². The number of aromatic amines is 1. The summed E-state index contributed by atoms with van der Waals surface area (Å²) in [7, 11) is 0. The number of H-pyrrole nitrogens is 1. The van der Waals surface area contributed by atoms with Crippen molar-refractivity contribution in [3.05, 3.63) is 16.7 Å². The Morgan fingerprint density at radius 2 is 2.17 bits per heavy atom. The zero-order chi connectivity index (χ0) is 13.0. The van der Waals surface area contributed by atoms with Crippen molar-refractivity contribution >= 4 is 11.9 Å². The standard InChI is InChI=1S/C10H15N5O3/c1-2-18-10(17)15-5-3-14(4-6-15)8-7-11-13-9(16)12-8/h7H,2-6H2,1H3,(H,12,13,16). The predicted octanol–water partition coefficient (Wildman–Crippen LogP) is -0.557. The maximum Gasteiger partial charge on any atom is 0.409 e. The van der Waals surface area contributed by atoms with Gasteiger partial charge in [-0.2, -0.15) is 10.1 Å². The second-order valence-corrected chi connectivity index (χ2v) is 3.82. The fourth-order valence-corrected chi connectivity index (χ4v) is 1.79. The lowest BCUT2D eigenvalue weighted by Gasteiger charge is -2.34. The van der Waals surface area contributed by atoms with Gasteiger partial charge in [0.1, 0.15) is 0 Å². The Bertz CT molecular complexity index is 467. The number of hydrogen-bond donors (Lipinski definition) is 1. The first kappa shape index (κ1) is 12.3. The molecule has 2 rings (SSSR count). The summed E-state index contributed by atoms with van der Waals surface area (Å²) in [5, 5.41) is 5.92. The zero-order valence-electron chi connectivity index (χ0n) is 10.1. The van der Waals surface area contributed by atoms with Crippen LogP contribution in [0.2, 0.25) is 0 Å². The minimum Gasteiger partial charge on any atom is -0.450 e. The first-order valence-corrected chi connectivity index (χ1v) is 5.79. The summed E-state index contributed by atoms with van der Waals surface area (Å²) in [5.41, 5.74) is -0.472. The van der Waals surface area contributed by atoms with E-state index in [-0.39, 0.29) is 6.09 Å². The summed E-state index contributed by atoms with van der Waals surface area (Å²) in [6, 6.07) is 0. The van der Waals surface area contributed by atoms with Gasteiger partial charge in [0.2, 0.25) is 0 Å². The second-order valence-electron chi connectivity index (χ2n) is 3.82. The van der Waals surface area contributed by atoms with Gasteiger partial charge in [0.05, 0.1) is 12.8 Å². The molecular weight excluding hydrogens is 238 g/mol. The van der Waals surface area contributed by atoms with Crippen molar-refractivity contribution in [2.75, 3.05) is 37.7 Å². The molecule has 98 valence electrons. The van der Waals surface area contributed by atoms with Crippen LogP contribution >= 0.6 is 0 Å². The number of aromatic nitrogens is 3. The van der Waals surface area contributed by atoms with Gasteiger partial charge in [0.15, 0.2) is 5.82 Å². The number of rotatable bonds is 2. The Balaban J connectivity index is 1.94. The van der Waals surface area contributed by atoms with Crippen molar-refractivity contribution in [1.82, 2.24) is 20.1 Å². The third-order valence-electron chi connectivity index (χ3n) is 2.69. The molecule has 0 aromatic carbocycles. The highest BCUT2D eigenvalue weighted by Gasteiger charge is 2.22.